The lowest BCUT2D eigenvalue weighted by molar-refractivity contribution is 0.0276. The fourth-order valence-electron chi connectivity index (χ4n) is 3.08. The van der Waals surface area contributed by atoms with Crippen molar-refractivity contribution in [3.63, 3.8) is 0 Å². The number of carbonyl (C=O) groups excluding carboxylic acids is 1. The SMILES string of the molecule is COc1cc(NC(=O)NCCCOC2CCCCC2)cc(OC)c1OC. The molecule has 0 aliphatic heterocycles. The lowest BCUT2D eigenvalue weighted by Crippen LogP contribution is -2.30. The second-order valence-electron chi connectivity index (χ2n) is 6.28. The van der Waals surface area contributed by atoms with Crippen LogP contribution >= 0.6 is 0 Å². The van der Waals surface area contributed by atoms with E-state index in [1.807, 2.05) is 0 Å². The highest BCUT2D eigenvalue weighted by Crippen LogP contribution is 2.39. The topological polar surface area (TPSA) is 78.1 Å². The predicted molar refractivity (Wildman–Crippen MR) is 101 cm³/mol. The standard InChI is InChI=1S/C19H30N2O5/c1-23-16-12-14(13-17(24-2)18(16)25-3)21-19(22)20-10-7-11-26-15-8-5-4-6-9-15/h12-13,15H,4-11H2,1-3H3,(H2,20,21,22). The van der Waals surface area contributed by atoms with Gasteiger partial charge in [-0.1, -0.05) is 19.3 Å². The van der Waals surface area contributed by atoms with Gasteiger partial charge in [0, 0.05) is 25.3 Å². The molecule has 0 heterocycles. The molecule has 1 saturated carbocycles. The summed E-state index contributed by atoms with van der Waals surface area (Å²) in [6, 6.07) is 3.09. The third-order valence-corrected chi connectivity index (χ3v) is 4.44. The average Bonchev–Trinajstić information content (AvgIpc) is 2.67. The maximum atomic E-state index is 12.1. The van der Waals surface area contributed by atoms with Gasteiger partial charge in [0.1, 0.15) is 0 Å². The van der Waals surface area contributed by atoms with E-state index >= 15 is 0 Å². The predicted octanol–water partition coefficient (Wildman–Crippen LogP) is 3.57. The van der Waals surface area contributed by atoms with Gasteiger partial charge in [-0.25, -0.2) is 4.79 Å². The Hall–Kier alpha value is -2.15. The molecular formula is C19H30N2O5. The lowest BCUT2D eigenvalue weighted by atomic mass is 9.98. The molecule has 0 saturated heterocycles. The maximum Gasteiger partial charge on any atom is 0.319 e. The van der Waals surface area contributed by atoms with Crippen molar-refractivity contribution in [3.05, 3.63) is 12.1 Å². The zero-order valence-electron chi connectivity index (χ0n) is 15.9. The minimum Gasteiger partial charge on any atom is -0.493 e. The highest BCUT2D eigenvalue weighted by Gasteiger charge is 2.15. The number of ether oxygens (including phenoxy) is 4. The van der Waals surface area contributed by atoms with Crippen molar-refractivity contribution in [2.24, 2.45) is 0 Å². The summed E-state index contributed by atoms with van der Waals surface area (Å²) in [5.74, 6) is 1.46. The summed E-state index contributed by atoms with van der Waals surface area (Å²) in [5.41, 5.74) is 0.565. The molecule has 7 nitrogen and oxygen atoms in total. The highest BCUT2D eigenvalue weighted by molar-refractivity contribution is 5.90. The highest BCUT2D eigenvalue weighted by atomic mass is 16.5. The Morgan fingerprint density at radius 3 is 2.27 bits per heavy atom. The number of benzene rings is 1. The smallest absolute Gasteiger partial charge is 0.319 e. The number of methoxy groups -OCH3 is 3. The van der Waals surface area contributed by atoms with Gasteiger partial charge >= 0.3 is 6.03 Å². The Morgan fingerprint density at radius 2 is 1.69 bits per heavy atom. The molecule has 1 aliphatic rings. The first-order valence-electron chi connectivity index (χ1n) is 9.14. The van der Waals surface area contributed by atoms with Gasteiger partial charge < -0.3 is 29.6 Å². The molecule has 0 spiro atoms. The van der Waals surface area contributed by atoms with Crippen molar-refractivity contribution in [1.82, 2.24) is 5.32 Å². The van der Waals surface area contributed by atoms with Crippen molar-refractivity contribution >= 4 is 11.7 Å². The zero-order valence-corrected chi connectivity index (χ0v) is 15.9. The van der Waals surface area contributed by atoms with Crippen molar-refractivity contribution in [3.8, 4) is 17.2 Å². The molecule has 0 unspecified atom stereocenters. The number of anilines is 1. The van der Waals surface area contributed by atoms with E-state index in [0.717, 1.165) is 19.3 Å². The van der Waals surface area contributed by atoms with Gasteiger partial charge in [0.15, 0.2) is 11.5 Å². The second kappa shape index (κ2) is 10.8. The van der Waals surface area contributed by atoms with Crippen LogP contribution in [0.4, 0.5) is 10.5 Å². The molecule has 0 aromatic heterocycles. The molecule has 2 amide bonds. The number of hydrogen-bond donors (Lipinski definition) is 2. The quantitative estimate of drug-likeness (QED) is 0.653. The van der Waals surface area contributed by atoms with E-state index in [1.54, 1.807) is 12.1 Å². The van der Waals surface area contributed by atoms with Gasteiger partial charge in [0.25, 0.3) is 0 Å². The van der Waals surface area contributed by atoms with E-state index < -0.39 is 0 Å². The van der Waals surface area contributed by atoms with Crippen molar-refractivity contribution in [2.75, 3.05) is 39.8 Å². The third kappa shape index (κ3) is 5.98. The first-order valence-corrected chi connectivity index (χ1v) is 9.14. The molecule has 2 N–H and O–H groups in total. The Balaban J connectivity index is 1.74. The van der Waals surface area contributed by atoms with Gasteiger partial charge in [-0.2, -0.15) is 0 Å². The van der Waals surface area contributed by atoms with Crippen LogP contribution in [0, 0.1) is 0 Å². The minimum atomic E-state index is -0.281. The summed E-state index contributed by atoms with van der Waals surface area (Å²) in [6.45, 7) is 1.23. The average molecular weight is 366 g/mol. The fourth-order valence-corrected chi connectivity index (χ4v) is 3.08. The van der Waals surface area contributed by atoms with Gasteiger partial charge in [-0.05, 0) is 19.3 Å². The van der Waals surface area contributed by atoms with Crippen LogP contribution < -0.4 is 24.8 Å². The van der Waals surface area contributed by atoms with Gasteiger partial charge in [-0.3, -0.25) is 0 Å². The largest absolute Gasteiger partial charge is 0.493 e. The Labute approximate surface area is 155 Å². The molecule has 1 fully saturated rings. The lowest BCUT2D eigenvalue weighted by Gasteiger charge is -2.21. The van der Waals surface area contributed by atoms with Crippen LogP contribution in [0.3, 0.4) is 0 Å². The van der Waals surface area contributed by atoms with Crippen LogP contribution in [-0.2, 0) is 4.74 Å². The zero-order chi connectivity index (χ0) is 18.8. The fraction of sp³-hybridized carbons (Fsp3) is 0.632. The van der Waals surface area contributed by atoms with E-state index in [2.05, 4.69) is 10.6 Å². The number of urea groups is 1. The number of nitrogens with one attached hydrogen (secondary N) is 2. The molecule has 0 bridgehead atoms. The van der Waals surface area contributed by atoms with E-state index in [-0.39, 0.29) is 6.03 Å². The monoisotopic (exact) mass is 366 g/mol. The van der Waals surface area contributed by atoms with Crippen molar-refractivity contribution in [2.45, 2.75) is 44.6 Å². The molecule has 26 heavy (non-hydrogen) atoms. The van der Waals surface area contributed by atoms with Crippen LogP contribution in [0.2, 0.25) is 0 Å². The first kappa shape index (κ1) is 20.2. The van der Waals surface area contributed by atoms with Gasteiger partial charge in [0.2, 0.25) is 5.75 Å². The summed E-state index contributed by atoms with van der Waals surface area (Å²) >= 11 is 0. The summed E-state index contributed by atoms with van der Waals surface area (Å²) in [4.78, 5) is 12.1. The molecule has 7 heteroatoms. The van der Waals surface area contributed by atoms with Gasteiger partial charge in [-0.15, -0.1) is 0 Å². The summed E-state index contributed by atoms with van der Waals surface area (Å²) in [5, 5.41) is 5.61. The number of amides is 2. The molecule has 2 rings (SSSR count). The number of rotatable bonds is 9. The van der Waals surface area contributed by atoms with Crippen molar-refractivity contribution < 1.29 is 23.7 Å². The summed E-state index contributed by atoms with van der Waals surface area (Å²) in [6.07, 6.45) is 7.36. The summed E-state index contributed by atoms with van der Waals surface area (Å²) in [7, 11) is 4.61. The second-order valence-corrected chi connectivity index (χ2v) is 6.28. The van der Waals surface area contributed by atoms with Crippen LogP contribution in [0.15, 0.2) is 12.1 Å². The van der Waals surface area contributed by atoms with E-state index in [1.165, 1.54) is 40.6 Å². The van der Waals surface area contributed by atoms with Gasteiger partial charge in [0.05, 0.1) is 33.1 Å². The molecule has 1 aromatic rings. The van der Waals surface area contributed by atoms with Crippen LogP contribution in [0.1, 0.15) is 38.5 Å². The van der Waals surface area contributed by atoms with E-state index in [4.69, 9.17) is 18.9 Å². The number of carbonyl (C=O) groups is 1. The third-order valence-electron chi connectivity index (χ3n) is 4.44. The van der Waals surface area contributed by atoms with Crippen molar-refractivity contribution in [1.29, 1.82) is 0 Å². The molecule has 0 radical (unpaired) electrons. The van der Waals surface area contributed by atoms with E-state index in [0.29, 0.717) is 42.2 Å². The Kier molecular flexibility index (Phi) is 8.34. The maximum absolute atomic E-state index is 12.1. The Bertz CT molecular complexity index is 548. The molecule has 0 atom stereocenters. The van der Waals surface area contributed by atoms with Crippen LogP contribution in [0.5, 0.6) is 17.2 Å². The van der Waals surface area contributed by atoms with Crippen LogP contribution in [-0.4, -0.2) is 46.6 Å². The van der Waals surface area contributed by atoms with E-state index in [9.17, 15) is 4.79 Å². The molecular weight excluding hydrogens is 336 g/mol. The van der Waals surface area contributed by atoms with Crippen LogP contribution in [0.25, 0.3) is 0 Å². The number of hydrogen-bond acceptors (Lipinski definition) is 5. The first-order chi connectivity index (χ1) is 12.7. The molecule has 1 aliphatic carbocycles. The molecule has 146 valence electrons. The molecule has 1 aromatic carbocycles. The Morgan fingerprint density at radius 1 is 1.04 bits per heavy atom. The normalized spacial score (nSPS) is 14.6. The minimum absolute atomic E-state index is 0.281. The summed E-state index contributed by atoms with van der Waals surface area (Å²) < 4.78 is 21.7.